The Balaban J connectivity index is 3.64. The molecule has 0 bridgehead atoms. The third-order valence-electron chi connectivity index (χ3n) is 1.75. The molecule has 0 radical (unpaired) electrons. The zero-order valence-electron chi connectivity index (χ0n) is 10.3. The molecule has 0 heterocycles. The summed E-state index contributed by atoms with van der Waals surface area (Å²) in [6, 6.07) is 0. The van der Waals surface area contributed by atoms with Crippen molar-refractivity contribution in [2.45, 2.75) is 26.7 Å². The minimum absolute atomic E-state index is 0.168. The number of hydrogen-bond acceptors (Lipinski definition) is 4. The Morgan fingerprint density at radius 3 is 2.53 bits per heavy atom. The van der Waals surface area contributed by atoms with Gasteiger partial charge in [0.25, 0.3) is 0 Å². The van der Waals surface area contributed by atoms with Crippen molar-refractivity contribution in [1.82, 2.24) is 10.0 Å². The second-order valence-electron chi connectivity index (χ2n) is 3.56. The van der Waals surface area contributed by atoms with E-state index in [9.17, 15) is 13.2 Å². The van der Waals surface area contributed by atoms with E-state index >= 15 is 0 Å². The Bertz CT molecular complexity index is 351. The number of carbonyl (C=O) groups is 1. The lowest BCUT2D eigenvalue weighted by Crippen LogP contribution is -2.31. The summed E-state index contributed by atoms with van der Waals surface area (Å²) in [6.07, 6.45) is 1.13. The van der Waals surface area contributed by atoms with Gasteiger partial charge in [-0.05, 0) is 19.8 Å². The first-order chi connectivity index (χ1) is 7.89. The fourth-order valence-electron chi connectivity index (χ4n) is 0.873. The monoisotopic (exact) mass is 264 g/mol. The van der Waals surface area contributed by atoms with Crippen molar-refractivity contribution in [3.8, 4) is 0 Å². The van der Waals surface area contributed by atoms with E-state index in [4.69, 9.17) is 0 Å². The largest absolute Gasteiger partial charge is 0.352 e. The van der Waals surface area contributed by atoms with Gasteiger partial charge in [-0.2, -0.15) is 13.1 Å². The molecule has 0 aliphatic heterocycles. The van der Waals surface area contributed by atoms with Crippen molar-refractivity contribution in [3.05, 3.63) is 12.2 Å². The highest BCUT2D eigenvalue weighted by Crippen LogP contribution is 1.90. The molecule has 0 aromatic heterocycles. The summed E-state index contributed by atoms with van der Waals surface area (Å²) in [5.74, 6) is -0.227. The Kier molecular flexibility index (Phi) is 7.77. The molecule has 7 heteroatoms. The van der Waals surface area contributed by atoms with Gasteiger partial charge in [0.2, 0.25) is 5.91 Å². The first kappa shape index (κ1) is 16.1. The molecule has 0 unspecified atom stereocenters. The molecule has 0 saturated carbocycles. The molecule has 0 atom stereocenters. The minimum Gasteiger partial charge on any atom is -0.352 e. The first-order valence-corrected chi connectivity index (χ1v) is 6.87. The average molecular weight is 264 g/mol. The lowest BCUT2D eigenvalue weighted by atomic mass is 10.3. The lowest BCUT2D eigenvalue weighted by molar-refractivity contribution is -0.117. The number of amides is 1. The van der Waals surface area contributed by atoms with E-state index in [1.807, 2.05) is 6.92 Å². The standard InChI is InChI=1S/C10H20N2O4S/c1-4-8-16-17(14,15)12-7-5-6-11-10(13)9(2)3/h12H,2,4-8H2,1,3H3,(H,11,13). The summed E-state index contributed by atoms with van der Waals surface area (Å²) in [5.41, 5.74) is 0.428. The number of nitrogens with one attached hydrogen (secondary N) is 2. The van der Waals surface area contributed by atoms with Gasteiger partial charge in [0.1, 0.15) is 0 Å². The minimum atomic E-state index is -3.64. The third kappa shape index (κ3) is 8.84. The normalized spacial score (nSPS) is 11.2. The van der Waals surface area contributed by atoms with Crippen LogP contribution < -0.4 is 10.0 Å². The van der Waals surface area contributed by atoms with Crippen molar-refractivity contribution in [3.63, 3.8) is 0 Å². The predicted octanol–water partition coefficient (Wildman–Crippen LogP) is 0.330. The molecule has 0 saturated heterocycles. The molecule has 0 rings (SSSR count). The van der Waals surface area contributed by atoms with Gasteiger partial charge in [-0.15, -0.1) is 0 Å². The molecule has 0 aromatic rings. The molecule has 0 fully saturated rings. The maximum atomic E-state index is 11.2. The van der Waals surface area contributed by atoms with Crippen molar-refractivity contribution in [2.75, 3.05) is 19.7 Å². The van der Waals surface area contributed by atoms with Gasteiger partial charge in [-0.1, -0.05) is 13.5 Å². The van der Waals surface area contributed by atoms with Crippen LogP contribution >= 0.6 is 0 Å². The Morgan fingerprint density at radius 2 is 2.00 bits per heavy atom. The van der Waals surface area contributed by atoms with E-state index in [2.05, 4.69) is 20.8 Å². The summed E-state index contributed by atoms with van der Waals surface area (Å²) >= 11 is 0. The highest BCUT2D eigenvalue weighted by Gasteiger charge is 2.08. The van der Waals surface area contributed by atoms with Crippen LogP contribution in [0.15, 0.2) is 12.2 Å². The van der Waals surface area contributed by atoms with Gasteiger partial charge in [0.05, 0.1) is 6.61 Å². The van der Waals surface area contributed by atoms with E-state index in [-0.39, 0.29) is 19.1 Å². The van der Waals surface area contributed by atoms with Crippen molar-refractivity contribution in [1.29, 1.82) is 0 Å². The molecule has 0 aliphatic carbocycles. The zero-order chi connectivity index (χ0) is 13.3. The van der Waals surface area contributed by atoms with Crippen LogP contribution in [0.5, 0.6) is 0 Å². The molecule has 0 aliphatic rings. The lowest BCUT2D eigenvalue weighted by Gasteiger charge is -2.07. The molecule has 100 valence electrons. The SMILES string of the molecule is C=C(C)C(=O)NCCCNS(=O)(=O)OCCC. The maximum Gasteiger partial charge on any atom is 0.335 e. The second kappa shape index (κ2) is 8.21. The Labute approximate surface area is 103 Å². The Morgan fingerprint density at radius 1 is 1.35 bits per heavy atom. The molecule has 17 heavy (non-hydrogen) atoms. The summed E-state index contributed by atoms with van der Waals surface area (Å²) < 4.78 is 29.2. The van der Waals surface area contributed by atoms with Gasteiger partial charge >= 0.3 is 10.3 Å². The Hall–Kier alpha value is -0.920. The van der Waals surface area contributed by atoms with E-state index in [1.54, 1.807) is 6.92 Å². The topological polar surface area (TPSA) is 84.5 Å². The highest BCUT2D eigenvalue weighted by molar-refractivity contribution is 7.84. The van der Waals surface area contributed by atoms with Crippen LogP contribution in [0.3, 0.4) is 0 Å². The fourth-order valence-corrected chi connectivity index (χ4v) is 1.74. The summed E-state index contributed by atoms with van der Waals surface area (Å²) in [5, 5.41) is 2.60. The summed E-state index contributed by atoms with van der Waals surface area (Å²) in [6.45, 7) is 7.70. The maximum absolute atomic E-state index is 11.2. The second-order valence-corrected chi connectivity index (χ2v) is 4.99. The highest BCUT2D eigenvalue weighted by atomic mass is 32.2. The smallest absolute Gasteiger partial charge is 0.335 e. The summed E-state index contributed by atoms with van der Waals surface area (Å²) in [7, 11) is -3.64. The fraction of sp³-hybridized carbons (Fsp3) is 0.700. The van der Waals surface area contributed by atoms with Gasteiger partial charge in [-0.3, -0.25) is 8.98 Å². The molecular formula is C10H20N2O4S. The van der Waals surface area contributed by atoms with E-state index < -0.39 is 10.3 Å². The first-order valence-electron chi connectivity index (χ1n) is 5.46. The van der Waals surface area contributed by atoms with Crippen molar-refractivity contribution in [2.24, 2.45) is 0 Å². The van der Waals surface area contributed by atoms with E-state index in [1.165, 1.54) is 0 Å². The summed E-state index contributed by atoms with van der Waals surface area (Å²) in [4.78, 5) is 11.1. The van der Waals surface area contributed by atoms with Gasteiger partial charge in [0.15, 0.2) is 0 Å². The van der Waals surface area contributed by atoms with Crippen LogP contribution in [-0.4, -0.2) is 34.0 Å². The van der Waals surface area contributed by atoms with Crippen LogP contribution in [0, 0.1) is 0 Å². The third-order valence-corrected chi connectivity index (χ3v) is 2.78. The predicted molar refractivity (Wildman–Crippen MR) is 65.6 cm³/mol. The van der Waals surface area contributed by atoms with Crippen molar-refractivity contribution >= 4 is 16.2 Å². The van der Waals surface area contributed by atoms with Crippen LogP contribution in [0.4, 0.5) is 0 Å². The number of carbonyl (C=O) groups excluding carboxylic acids is 1. The van der Waals surface area contributed by atoms with Crippen LogP contribution in [0.1, 0.15) is 26.7 Å². The van der Waals surface area contributed by atoms with Gasteiger partial charge < -0.3 is 5.32 Å². The molecule has 0 aromatic carbocycles. The van der Waals surface area contributed by atoms with Crippen LogP contribution in [0.2, 0.25) is 0 Å². The van der Waals surface area contributed by atoms with E-state index in [0.29, 0.717) is 25.0 Å². The quantitative estimate of drug-likeness (QED) is 0.464. The molecule has 6 nitrogen and oxygen atoms in total. The average Bonchev–Trinajstić information content (AvgIpc) is 2.25. The van der Waals surface area contributed by atoms with E-state index in [0.717, 1.165) is 0 Å². The van der Waals surface area contributed by atoms with Crippen LogP contribution in [-0.2, 0) is 19.3 Å². The number of rotatable bonds is 9. The number of hydrogen-bond donors (Lipinski definition) is 2. The molecule has 0 spiro atoms. The van der Waals surface area contributed by atoms with Crippen molar-refractivity contribution < 1.29 is 17.4 Å². The molecule has 1 amide bonds. The molecule has 2 N–H and O–H groups in total. The van der Waals surface area contributed by atoms with Gasteiger partial charge in [0, 0.05) is 18.7 Å². The molecular weight excluding hydrogens is 244 g/mol. The van der Waals surface area contributed by atoms with Gasteiger partial charge in [-0.25, -0.2) is 0 Å². The van der Waals surface area contributed by atoms with Crippen LogP contribution in [0.25, 0.3) is 0 Å². The zero-order valence-corrected chi connectivity index (χ0v) is 11.1.